The molecule has 1 saturated heterocycles. The summed E-state index contributed by atoms with van der Waals surface area (Å²) in [6.45, 7) is 1.07. The van der Waals surface area contributed by atoms with Crippen LogP contribution in [0.25, 0.3) is 10.8 Å². The van der Waals surface area contributed by atoms with E-state index in [1.54, 1.807) is 12.1 Å². The number of ketones is 1. The van der Waals surface area contributed by atoms with Gasteiger partial charge in [0.1, 0.15) is 11.9 Å². The molecule has 4 aromatic rings. The number of aromatic hydroxyl groups is 2. The molecule has 0 spiro atoms. The molecule has 230 valence electrons. The molecule has 5 rings (SSSR count). The number of fused-ring (bicyclic) bond motifs is 1. The molecule has 4 aromatic carbocycles. The Bertz CT molecular complexity index is 1650. The molecular weight excluding hydrogens is 588 g/mol. The predicted octanol–water partition coefficient (Wildman–Crippen LogP) is 4.63. The Morgan fingerprint density at radius 1 is 0.841 bits per heavy atom. The molecule has 2 atom stereocenters. The van der Waals surface area contributed by atoms with Gasteiger partial charge in [-0.2, -0.15) is 0 Å². The van der Waals surface area contributed by atoms with Crippen molar-refractivity contribution >= 4 is 40.8 Å². The van der Waals surface area contributed by atoms with E-state index in [1.165, 1.54) is 50.6 Å². The molecular formula is C33H33ClN2O8. The molecule has 1 aliphatic rings. The summed E-state index contributed by atoms with van der Waals surface area (Å²) in [5.74, 6) is -1.58. The number of ether oxygens (including phenoxy) is 3. The zero-order chi connectivity index (χ0) is 30.5. The highest BCUT2D eigenvalue weighted by atomic mass is 35.5. The first-order chi connectivity index (χ1) is 20.8. The van der Waals surface area contributed by atoms with Crippen molar-refractivity contribution in [3.63, 3.8) is 0 Å². The quantitative estimate of drug-likeness (QED) is 0.164. The Kier molecular flexibility index (Phi) is 10.3. The molecule has 4 N–H and O–H groups in total. The number of carbonyl (C=O) groups is 3. The Labute approximate surface area is 260 Å². The van der Waals surface area contributed by atoms with Crippen molar-refractivity contribution in [1.82, 2.24) is 10.6 Å². The fourth-order valence-electron chi connectivity index (χ4n) is 5.11. The monoisotopic (exact) mass is 620 g/mol. The van der Waals surface area contributed by atoms with Gasteiger partial charge in [-0.1, -0.05) is 36.4 Å². The van der Waals surface area contributed by atoms with E-state index < -0.39 is 24.0 Å². The van der Waals surface area contributed by atoms with Crippen molar-refractivity contribution in [3.8, 4) is 23.0 Å². The van der Waals surface area contributed by atoms with Crippen LogP contribution in [0, 0.1) is 0 Å². The van der Waals surface area contributed by atoms with Gasteiger partial charge < -0.3 is 35.1 Å². The number of phenols is 2. The Morgan fingerprint density at radius 2 is 1.45 bits per heavy atom. The minimum Gasteiger partial charge on any atom is -0.507 e. The summed E-state index contributed by atoms with van der Waals surface area (Å²) in [7, 11) is 2.74. The standard InChI is InChI=1S/C33H32N2O8.ClH/c1-41-28-16-23(17-29(42-2)31(28)38)32(39)35-25-18-34-13-5-8-27(25)43-33(40)20-11-9-19(10-12-20)30(37)24-14-21-6-3-4-7-22(21)15-26(24)36;/h3-4,6-7,9-12,14-17,25,27,34,36,38H,5,8,13,18H2,1-2H3,(H,35,39);1H/t25-,27-;/m1./s1. The van der Waals surface area contributed by atoms with E-state index in [9.17, 15) is 24.6 Å². The maximum Gasteiger partial charge on any atom is 0.338 e. The molecule has 11 heteroatoms. The lowest BCUT2D eigenvalue weighted by Gasteiger charge is -2.26. The van der Waals surface area contributed by atoms with E-state index >= 15 is 0 Å². The van der Waals surface area contributed by atoms with Crippen LogP contribution in [0.15, 0.2) is 72.8 Å². The second kappa shape index (κ2) is 14.1. The molecule has 44 heavy (non-hydrogen) atoms. The van der Waals surface area contributed by atoms with Crippen LogP contribution < -0.4 is 20.1 Å². The van der Waals surface area contributed by atoms with E-state index in [2.05, 4.69) is 10.6 Å². The molecule has 10 nitrogen and oxygen atoms in total. The smallest absolute Gasteiger partial charge is 0.338 e. The van der Waals surface area contributed by atoms with Gasteiger partial charge in [-0.15, -0.1) is 12.4 Å². The van der Waals surface area contributed by atoms with Gasteiger partial charge in [-0.05, 0) is 66.6 Å². The predicted molar refractivity (Wildman–Crippen MR) is 167 cm³/mol. The minimum absolute atomic E-state index is 0. The zero-order valence-corrected chi connectivity index (χ0v) is 25.0. The number of phenolic OH excluding ortho intramolecular Hbond substituents is 2. The largest absolute Gasteiger partial charge is 0.507 e. The lowest BCUT2D eigenvalue weighted by atomic mass is 9.98. The lowest BCUT2D eigenvalue weighted by molar-refractivity contribution is 0.0192. The summed E-state index contributed by atoms with van der Waals surface area (Å²) in [5, 5.41) is 28.5. The first-order valence-electron chi connectivity index (χ1n) is 13.8. The first kappa shape index (κ1) is 32.1. The van der Waals surface area contributed by atoms with E-state index in [4.69, 9.17) is 14.2 Å². The van der Waals surface area contributed by atoms with Crippen molar-refractivity contribution < 1.29 is 38.8 Å². The highest BCUT2D eigenvalue weighted by Gasteiger charge is 2.30. The first-order valence-corrected chi connectivity index (χ1v) is 13.8. The Hall–Kier alpha value is -4.80. The van der Waals surface area contributed by atoms with Crippen LogP contribution in [-0.4, -0.2) is 67.3 Å². The van der Waals surface area contributed by atoms with E-state index in [0.717, 1.165) is 17.2 Å². The van der Waals surface area contributed by atoms with Gasteiger partial charge in [0.15, 0.2) is 17.3 Å². The summed E-state index contributed by atoms with van der Waals surface area (Å²) in [6, 6.07) is 18.9. The number of hydrogen-bond acceptors (Lipinski definition) is 9. The van der Waals surface area contributed by atoms with Crippen molar-refractivity contribution in [3.05, 3.63) is 95.1 Å². The molecule has 0 aromatic heterocycles. The zero-order valence-electron chi connectivity index (χ0n) is 24.2. The van der Waals surface area contributed by atoms with Crippen LogP contribution in [-0.2, 0) is 4.74 Å². The molecule has 1 amide bonds. The van der Waals surface area contributed by atoms with Crippen molar-refractivity contribution in [2.24, 2.45) is 0 Å². The highest BCUT2D eigenvalue weighted by molar-refractivity contribution is 6.12. The molecule has 0 bridgehead atoms. The number of halogens is 1. The number of esters is 1. The average molecular weight is 621 g/mol. The number of rotatable bonds is 8. The summed E-state index contributed by atoms with van der Waals surface area (Å²) in [6.07, 6.45) is 0.626. The van der Waals surface area contributed by atoms with Crippen molar-refractivity contribution in [2.45, 2.75) is 25.0 Å². The SMILES string of the molecule is COc1cc(C(=O)N[C@@H]2CNCCC[C@H]2OC(=O)c2ccc(C(=O)c3cc4ccccc4cc3O)cc2)cc(OC)c1O.Cl. The number of hydrogen-bond donors (Lipinski definition) is 4. The fourth-order valence-corrected chi connectivity index (χ4v) is 5.11. The molecule has 1 fully saturated rings. The van der Waals surface area contributed by atoms with Gasteiger partial charge in [0.05, 0.1) is 31.4 Å². The maximum absolute atomic E-state index is 13.2. The van der Waals surface area contributed by atoms with Crippen LogP contribution in [0.5, 0.6) is 23.0 Å². The third-order valence-electron chi connectivity index (χ3n) is 7.46. The molecule has 0 unspecified atom stereocenters. The number of carbonyl (C=O) groups excluding carboxylic acids is 3. The molecule has 1 aliphatic heterocycles. The van der Waals surface area contributed by atoms with Gasteiger partial charge in [0.2, 0.25) is 5.75 Å². The van der Waals surface area contributed by atoms with Gasteiger partial charge >= 0.3 is 5.97 Å². The van der Waals surface area contributed by atoms with E-state index in [0.29, 0.717) is 25.1 Å². The van der Waals surface area contributed by atoms with Crippen LogP contribution in [0.4, 0.5) is 0 Å². The van der Waals surface area contributed by atoms with Gasteiger partial charge in [0.25, 0.3) is 5.91 Å². The van der Waals surface area contributed by atoms with Crippen LogP contribution in [0.2, 0.25) is 0 Å². The molecule has 0 saturated carbocycles. The number of nitrogens with one attached hydrogen (secondary N) is 2. The van der Waals surface area contributed by atoms with Crippen LogP contribution >= 0.6 is 12.4 Å². The third-order valence-corrected chi connectivity index (χ3v) is 7.46. The topological polar surface area (TPSA) is 143 Å². The van der Waals surface area contributed by atoms with Crippen molar-refractivity contribution in [1.29, 1.82) is 0 Å². The normalized spacial score (nSPS) is 16.2. The summed E-state index contributed by atoms with van der Waals surface area (Å²) < 4.78 is 16.2. The fraction of sp³-hybridized carbons (Fsp3) is 0.242. The summed E-state index contributed by atoms with van der Waals surface area (Å²) >= 11 is 0. The van der Waals surface area contributed by atoms with Gasteiger partial charge in [0, 0.05) is 17.7 Å². The number of amides is 1. The highest BCUT2D eigenvalue weighted by Crippen LogP contribution is 2.37. The molecule has 0 aliphatic carbocycles. The third kappa shape index (κ3) is 6.88. The summed E-state index contributed by atoms with van der Waals surface area (Å²) in [4.78, 5) is 39.5. The summed E-state index contributed by atoms with van der Waals surface area (Å²) in [5.41, 5.74) is 0.932. The van der Waals surface area contributed by atoms with Gasteiger partial charge in [-0.25, -0.2) is 4.79 Å². The second-order valence-corrected chi connectivity index (χ2v) is 10.2. The number of methoxy groups -OCH3 is 2. The number of benzene rings is 4. The lowest BCUT2D eigenvalue weighted by Crippen LogP contribution is -2.49. The second-order valence-electron chi connectivity index (χ2n) is 10.2. The van der Waals surface area contributed by atoms with E-state index in [1.807, 2.05) is 24.3 Å². The van der Waals surface area contributed by atoms with Crippen molar-refractivity contribution in [2.75, 3.05) is 27.3 Å². The molecule has 1 heterocycles. The van der Waals surface area contributed by atoms with Gasteiger partial charge in [-0.3, -0.25) is 9.59 Å². The Balaban J connectivity index is 0.00000442. The molecule has 0 radical (unpaired) electrons. The van der Waals surface area contributed by atoms with E-state index in [-0.39, 0.29) is 57.9 Å². The van der Waals surface area contributed by atoms with Crippen LogP contribution in [0.1, 0.15) is 49.5 Å². The Morgan fingerprint density at radius 3 is 2.09 bits per heavy atom. The maximum atomic E-state index is 13.2. The van der Waals surface area contributed by atoms with Crippen LogP contribution in [0.3, 0.4) is 0 Å². The minimum atomic E-state index is -0.622. The average Bonchev–Trinajstić information content (AvgIpc) is 3.24.